The van der Waals surface area contributed by atoms with Crippen molar-refractivity contribution < 1.29 is 29.4 Å². The molecule has 182 valence electrons. The smallest absolute Gasteiger partial charge is 0.326 e. The Labute approximate surface area is 190 Å². The number of aliphatic carboxylic acids is 1. The number of benzene rings is 1. The van der Waals surface area contributed by atoms with E-state index in [1.54, 1.807) is 12.1 Å². The number of carbonyl (C=O) groups excluding carboxylic acids is 3. The van der Waals surface area contributed by atoms with Gasteiger partial charge in [0.15, 0.2) is 5.96 Å². The summed E-state index contributed by atoms with van der Waals surface area (Å²) in [6.07, 6.45) is 0.364. The van der Waals surface area contributed by atoms with E-state index in [4.69, 9.17) is 17.2 Å². The maximum absolute atomic E-state index is 12.9. The number of hydrogen-bond donors (Lipinski definition) is 8. The molecule has 0 saturated heterocycles. The maximum Gasteiger partial charge on any atom is 0.326 e. The molecule has 0 aromatic heterocycles. The highest BCUT2D eigenvalue weighted by Gasteiger charge is 2.28. The molecule has 0 spiro atoms. The Hall–Kier alpha value is -3.87. The molecular weight excluding hydrogens is 434 g/mol. The molecule has 0 aliphatic carbocycles. The van der Waals surface area contributed by atoms with Gasteiger partial charge in [-0.25, -0.2) is 4.79 Å². The monoisotopic (exact) mass is 465 g/mol. The summed E-state index contributed by atoms with van der Waals surface area (Å²) in [6, 6.07) is 2.58. The Balaban J connectivity index is 2.94. The first kappa shape index (κ1) is 27.2. The number of aliphatic imine (C=N–C) groups is 1. The molecular formula is C20H31N7O6. The molecule has 13 nitrogen and oxygen atoms in total. The third kappa shape index (κ3) is 10.3. The van der Waals surface area contributed by atoms with Gasteiger partial charge >= 0.3 is 5.97 Å². The van der Waals surface area contributed by atoms with Crippen LogP contribution in [0.1, 0.15) is 25.3 Å². The number of nitrogens with zero attached hydrogens (tertiary/aromatic N) is 1. The largest absolute Gasteiger partial charge is 0.508 e. The van der Waals surface area contributed by atoms with Gasteiger partial charge in [0.2, 0.25) is 17.7 Å². The molecule has 0 aliphatic heterocycles. The number of nitrogens with one attached hydrogen (secondary N) is 3. The van der Waals surface area contributed by atoms with Crippen LogP contribution in [0.5, 0.6) is 5.75 Å². The van der Waals surface area contributed by atoms with Gasteiger partial charge in [0.1, 0.15) is 23.9 Å². The summed E-state index contributed by atoms with van der Waals surface area (Å²) in [5, 5.41) is 26.2. The number of aromatic hydroxyl groups is 1. The third-order valence-corrected chi connectivity index (χ3v) is 4.53. The van der Waals surface area contributed by atoms with E-state index < -0.39 is 41.8 Å². The minimum absolute atomic E-state index is 0.00967. The minimum atomic E-state index is -1.26. The number of phenols is 1. The average molecular weight is 466 g/mol. The van der Waals surface area contributed by atoms with Gasteiger partial charge in [-0.3, -0.25) is 19.4 Å². The summed E-state index contributed by atoms with van der Waals surface area (Å²) in [5.41, 5.74) is 16.3. The first-order chi connectivity index (χ1) is 15.5. The van der Waals surface area contributed by atoms with Gasteiger partial charge in [0.25, 0.3) is 0 Å². The minimum Gasteiger partial charge on any atom is -0.508 e. The molecule has 1 aromatic rings. The average Bonchev–Trinajstić information content (AvgIpc) is 2.75. The Morgan fingerprint density at radius 2 is 1.61 bits per heavy atom. The lowest BCUT2D eigenvalue weighted by Crippen LogP contribution is -2.56. The Morgan fingerprint density at radius 1 is 1.00 bits per heavy atom. The number of guanidine groups is 1. The fourth-order valence-corrected chi connectivity index (χ4v) is 2.77. The maximum atomic E-state index is 12.9. The molecule has 0 radical (unpaired) electrons. The van der Waals surface area contributed by atoms with Crippen LogP contribution in [0.15, 0.2) is 29.3 Å². The topological polar surface area (TPSA) is 235 Å². The van der Waals surface area contributed by atoms with Gasteiger partial charge in [-0.15, -0.1) is 0 Å². The van der Waals surface area contributed by atoms with Gasteiger partial charge in [-0.2, -0.15) is 0 Å². The van der Waals surface area contributed by atoms with Crippen LogP contribution >= 0.6 is 0 Å². The molecule has 13 heteroatoms. The predicted octanol–water partition coefficient (Wildman–Crippen LogP) is -2.49. The number of hydrogen-bond acceptors (Lipinski definition) is 7. The van der Waals surface area contributed by atoms with Crippen LogP contribution in [0.25, 0.3) is 0 Å². The molecule has 3 atom stereocenters. The Morgan fingerprint density at radius 3 is 2.15 bits per heavy atom. The van der Waals surface area contributed by atoms with E-state index in [1.165, 1.54) is 19.1 Å². The van der Waals surface area contributed by atoms with Gasteiger partial charge in [0, 0.05) is 13.0 Å². The van der Waals surface area contributed by atoms with Gasteiger partial charge in [0.05, 0.1) is 6.54 Å². The van der Waals surface area contributed by atoms with Crippen molar-refractivity contribution in [2.75, 3.05) is 13.1 Å². The fraction of sp³-hybridized carbons (Fsp3) is 0.450. The number of carboxylic acid groups (broad SMARTS) is 1. The van der Waals surface area contributed by atoms with E-state index in [1.807, 2.05) is 0 Å². The lowest BCUT2D eigenvalue weighted by atomic mass is 10.0. The molecule has 1 aromatic carbocycles. The van der Waals surface area contributed by atoms with Crippen LogP contribution in [0.3, 0.4) is 0 Å². The number of amides is 3. The number of carboxylic acids is 1. The summed E-state index contributed by atoms with van der Waals surface area (Å²) >= 11 is 0. The summed E-state index contributed by atoms with van der Waals surface area (Å²) in [4.78, 5) is 52.2. The predicted molar refractivity (Wildman–Crippen MR) is 120 cm³/mol. The van der Waals surface area contributed by atoms with Crippen molar-refractivity contribution in [2.24, 2.45) is 22.2 Å². The summed E-state index contributed by atoms with van der Waals surface area (Å²) in [6.45, 7) is 1.30. The van der Waals surface area contributed by atoms with Crippen LogP contribution in [0, 0.1) is 0 Å². The quantitative estimate of drug-likeness (QED) is 0.0872. The highest BCUT2D eigenvalue weighted by Crippen LogP contribution is 2.12. The molecule has 3 amide bonds. The molecule has 0 fully saturated rings. The highest BCUT2D eigenvalue weighted by molar-refractivity contribution is 5.93. The Bertz CT molecular complexity index is 855. The first-order valence-corrected chi connectivity index (χ1v) is 10.2. The van der Waals surface area contributed by atoms with E-state index in [0.717, 1.165) is 0 Å². The highest BCUT2D eigenvalue weighted by atomic mass is 16.4. The lowest BCUT2D eigenvalue weighted by Gasteiger charge is -2.23. The number of phenolic OH excluding ortho intramolecular Hbond substituents is 1. The summed E-state index contributed by atoms with van der Waals surface area (Å²) in [7, 11) is 0. The van der Waals surface area contributed by atoms with Crippen LogP contribution < -0.4 is 33.2 Å². The van der Waals surface area contributed by atoms with E-state index in [0.29, 0.717) is 12.0 Å². The molecule has 11 N–H and O–H groups in total. The molecule has 0 bridgehead atoms. The number of rotatable bonds is 13. The lowest BCUT2D eigenvalue weighted by molar-refractivity contribution is -0.142. The van der Waals surface area contributed by atoms with Crippen molar-refractivity contribution in [3.8, 4) is 5.75 Å². The van der Waals surface area contributed by atoms with Gasteiger partial charge < -0.3 is 43.4 Å². The van der Waals surface area contributed by atoms with Crippen LogP contribution in [-0.2, 0) is 25.6 Å². The SMILES string of the molecule is CC(NC(=O)CN)C(=O)NC(Cc1ccc(O)cc1)C(=O)NC(CCCN=C(N)N)C(=O)O. The second kappa shape index (κ2) is 13.5. The van der Waals surface area contributed by atoms with Crippen LogP contribution in [0.2, 0.25) is 0 Å². The van der Waals surface area contributed by atoms with Gasteiger partial charge in [-0.1, -0.05) is 12.1 Å². The zero-order chi connectivity index (χ0) is 25.0. The van der Waals surface area contributed by atoms with Crippen molar-refractivity contribution in [3.05, 3.63) is 29.8 Å². The van der Waals surface area contributed by atoms with Crippen LogP contribution in [-0.4, -0.2) is 71.1 Å². The zero-order valence-electron chi connectivity index (χ0n) is 18.3. The zero-order valence-corrected chi connectivity index (χ0v) is 18.3. The Kier molecular flexibility index (Phi) is 11.1. The van der Waals surface area contributed by atoms with E-state index in [-0.39, 0.29) is 37.6 Å². The molecule has 33 heavy (non-hydrogen) atoms. The number of carbonyl (C=O) groups is 4. The van der Waals surface area contributed by atoms with E-state index >= 15 is 0 Å². The fourth-order valence-electron chi connectivity index (χ4n) is 2.77. The molecule has 3 unspecified atom stereocenters. The van der Waals surface area contributed by atoms with Crippen molar-refractivity contribution in [3.63, 3.8) is 0 Å². The summed E-state index contributed by atoms with van der Waals surface area (Å²) < 4.78 is 0. The molecule has 0 aliphatic rings. The van der Waals surface area contributed by atoms with Gasteiger partial charge in [-0.05, 0) is 37.5 Å². The van der Waals surface area contributed by atoms with Crippen LogP contribution in [0.4, 0.5) is 0 Å². The standard InChI is InChI=1S/C20H31N7O6/c1-11(25-16(29)10-21)17(30)27-15(9-12-4-6-13(28)7-5-12)18(31)26-14(19(32)33)3-2-8-24-20(22)23/h4-7,11,14-15,28H,2-3,8-10,21H2,1H3,(H,25,29)(H,26,31)(H,27,30)(H,32,33)(H4,22,23,24). The van der Waals surface area contributed by atoms with E-state index in [9.17, 15) is 29.4 Å². The normalized spacial score (nSPS) is 13.2. The van der Waals surface area contributed by atoms with Crippen molar-refractivity contribution in [2.45, 2.75) is 44.3 Å². The second-order valence-corrected chi connectivity index (χ2v) is 7.27. The van der Waals surface area contributed by atoms with Crippen molar-refractivity contribution in [1.29, 1.82) is 0 Å². The molecule has 0 heterocycles. The van der Waals surface area contributed by atoms with E-state index in [2.05, 4.69) is 20.9 Å². The molecule has 0 saturated carbocycles. The second-order valence-electron chi connectivity index (χ2n) is 7.27. The number of nitrogens with two attached hydrogens (primary N) is 3. The van der Waals surface area contributed by atoms with Crippen molar-refractivity contribution >= 4 is 29.7 Å². The molecule has 1 rings (SSSR count). The third-order valence-electron chi connectivity index (χ3n) is 4.53. The van der Waals surface area contributed by atoms with Crippen molar-refractivity contribution in [1.82, 2.24) is 16.0 Å². The summed E-state index contributed by atoms with van der Waals surface area (Å²) in [5.74, 6) is -3.30. The first-order valence-electron chi connectivity index (χ1n) is 10.2.